The molecule has 2 heterocycles. The third-order valence-electron chi connectivity index (χ3n) is 6.35. The predicted molar refractivity (Wildman–Crippen MR) is 121 cm³/mol. The molecule has 0 aliphatic carbocycles. The van der Waals surface area contributed by atoms with Gasteiger partial charge in [0, 0.05) is 51.9 Å². The minimum absolute atomic E-state index is 0.0321. The van der Waals surface area contributed by atoms with Crippen LogP contribution in [0.1, 0.15) is 39.2 Å². The van der Waals surface area contributed by atoms with Gasteiger partial charge in [-0.1, -0.05) is 44.2 Å². The number of ether oxygens (including phenoxy) is 2. The highest BCUT2D eigenvalue weighted by atomic mass is 16.7. The summed E-state index contributed by atoms with van der Waals surface area (Å²) in [5.74, 6) is 1.09. The van der Waals surface area contributed by atoms with E-state index in [0.717, 1.165) is 26.1 Å². The molecular formula is C25H38N2O4. The van der Waals surface area contributed by atoms with Crippen LogP contribution in [0.15, 0.2) is 42.2 Å². The van der Waals surface area contributed by atoms with Crippen molar-refractivity contribution in [3.63, 3.8) is 0 Å². The molecule has 3 atom stereocenters. The molecule has 1 aromatic rings. The van der Waals surface area contributed by atoms with E-state index >= 15 is 0 Å². The maximum absolute atomic E-state index is 13.3. The van der Waals surface area contributed by atoms with Crippen molar-refractivity contribution in [2.45, 2.75) is 46.4 Å². The summed E-state index contributed by atoms with van der Waals surface area (Å²) in [5, 5.41) is 9.30. The molecule has 2 aliphatic rings. The number of aliphatic hydroxyl groups excluding tert-OH is 1. The normalized spacial score (nSPS) is 24.7. The number of piperazine rings is 1. The maximum atomic E-state index is 13.3. The maximum Gasteiger partial charge on any atom is 0.288 e. The van der Waals surface area contributed by atoms with Gasteiger partial charge in [-0.25, -0.2) is 0 Å². The number of rotatable bonds is 9. The van der Waals surface area contributed by atoms with Gasteiger partial charge < -0.3 is 19.5 Å². The van der Waals surface area contributed by atoms with Gasteiger partial charge in [0.25, 0.3) is 5.91 Å². The van der Waals surface area contributed by atoms with E-state index in [0.29, 0.717) is 37.8 Å². The molecule has 1 saturated heterocycles. The summed E-state index contributed by atoms with van der Waals surface area (Å²) in [5.41, 5.74) is 1.30. The van der Waals surface area contributed by atoms with Gasteiger partial charge in [0.05, 0.1) is 0 Å². The van der Waals surface area contributed by atoms with Crippen LogP contribution >= 0.6 is 0 Å². The van der Waals surface area contributed by atoms with Gasteiger partial charge >= 0.3 is 0 Å². The van der Waals surface area contributed by atoms with Crippen LogP contribution in [-0.2, 0) is 20.8 Å². The smallest absolute Gasteiger partial charge is 0.288 e. The van der Waals surface area contributed by atoms with Crippen LogP contribution < -0.4 is 0 Å². The highest BCUT2D eigenvalue weighted by Crippen LogP contribution is 2.37. The molecule has 172 valence electrons. The van der Waals surface area contributed by atoms with Crippen molar-refractivity contribution < 1.29 is 19.4 Å². The van der Waals surface area contributed by atoms with Crippen LogP contribution in [0.2, 0.25) is 0 Å². The summed E-state index contributed by atoms with van der Waals surface area (Å²) >= 11 is 0. The highest BCUT2D eigenvalue weighted by molar-refractivity contribution is 5.91. The average molecular weight is 431 g/mol. The lowest BCUT2D eigenvalue weighted by atomic mass is 9.78. The van der Waals surface area contributed by atoms with Crippen molar-refractivity contribution in [2.24, 2.45) is 17.8 Å². The molecule has 1 amide bonds. The largest absolute Gasteiger partial charge is 0.459 e. The number of hydrogen-bond donors (Lipinski definition) is 1. The Hall–Kier alpha value is -1.89. The molecule has 1 N–H and O–H groups in total. The fraction of sp³-hybridized carbons (Fsp3) is 0.640. The summed E-state index contributed by atoms with van der Waals surface area (Å²) in [7, 11) is 0. The molecule has 6 nitrogen and oxygen atoms in total. The standard InChI is InChI=1S/C25H38N2O4/c1-4-30-25-21(11-8-16-28)22(19(2)3)17-23(31-25)24(29)27-14-12-26(13-15-27)18-20-9-6-5-7-10-20/h5-7,9-10,17,19,21-22,25,28H,4,8,11-16,18H2,1-3H3/t21-,22-,25-/m1/s1. The van der Waals surface area contributed by atoms with Gasteiger partial charge in [-0.3, -0.25) is 9.69 Å². The Labute approximate surface area is 186 Å². The molecule has 0 aromatic heterocycles. The quantitative estimate of drug-likeness (QED) is 0.652. The predicted octanol–water partition coefficient (Wildman–Crippen LogP) is 3.27. The van der Waals surface area contributed by atoms with E-state index < -0.39 is 6.29 Å². The molecule has 3 rings (SSSR count). The monoisotopic (exact) mass is 430 g/mol. The number of nitrogens with zero attached hydrogens (tertiary/aromatic N) is 2. The average Bonchev–Trinajstić information content (AvgIpc) is 2.78. The van der Waals surface area contributed by atoms with E-state index in [1.165, 1.54) is 5.56 Å². The zero-order valence-electron chi connectivity index (χ0n) is 19.2. The number of amides is 1. The van der Waals surface area contributed by atoms with E-state index in [1.807, 2.05) is 24.0 Å². The molecule has 0 radical (unpaired) electrons. The third kappa shape index (κ3) is 6.31. The molecule has 6 heteroatoms. The Morgan fingerprint density at radius 3 is 2.52 bits per heavy atom. The van der Waals surface area contributed by atoms with E-state index in [2.05, 4.69) is 43.0 Å². The van der Waals surface area contributed by atoms with E-state index in [4.69, 9.17) is 9.47 Å². The summed E-state index contributed by atoms with van der Waals surface area (Å²) < 4.78 is 12.0. The molecule has 1 fully saturated rings. The number of carbonyl (C=O) groups excluding carboxylic acids is 1. The number of aliphatic hydroxyl groups is 1. The van der Waals surface area contributed by atoms with Crippen LogP contribution in [0.4, 0.5) is 0 Å². The molecule has 0 saturated carbocycles. The zero-order valence-corrected chi connectivity index (χ0v) is 19.2. The second-order valence-electron chi connectivity index (χ2n) is 8.88. The van der Waals surface area contributed by atoms with Crippen molar-refractivity contribution in [2.75, 3.05) is 39.4 Å². The van der Waals surface area contributed by atoms with Crippen LogP contribution in [-0.4, -0.2) is 66.5 Å². The van der Waals surface area contributed by atoms with Crippen molar-refractivity contribution in [1.82, 2.24) is 9.80 Å². The first-order valence-electron chi connectivity index (χ1n) is 11.7. The lowest BCUT2D eigenvalue weighted by Crippen LogP contribution is -2.50. The Kier molecular flexibility index (Phi) is 8.93. The number of carbonyl (C=O) groups is 1. The SMILES string of the molecule is CCO[C@@H]1OC(C(=O)N2CCN(Cc3ccccc3)CC2)=C[C@H](C(C)C)[C@H]1CCCO. The van der Waals surface area contributed by atoms with Crippen molar-refractivity contribution >= 4 is 5.91 Å². The molecule has 1 aromatic carbocycles. The molecule has 0 bridgehead atoms. The van der Waals surface area contributed by atoms with Gasteiger partial charge in [0.15, 0.2) is 5.76 Å². The molecule has 0 unspecified atom stereocenters. The number of allylic oxidation sites excluding steroid dienone is 1. The van der Waals surface area contributed by atoms with E-state index in [1.54, 1.807) is 0 Å². The van der Waals surface area contributed by atoms with Crippen LogP contribution in [0.3, 0.4) is 0 Å². The van der Waals surface area contributed by atoms with Gasteiger partial charge in [0.1, 0.15) is 0 Å². The lowest BCUT2D eigenvalue weighted by Gasteiger charge is -2.40. The van der Waals surface area contributed by atoms with Crippen molar-refractivity contribution in [3.8, 4) is 0 Å². The summed E-state index contributed by atoms with van der Waals surface area (Å²) in [6.45, 7) is 11.0. The zero-order chi connectivity index (χ0) is 22.2. The topological polar surface area (TPSA) is 62.2 Å². The van der Waals surface area contributed by atoms with Gasteiger partial charge in [-0.05, 0) is 43.2 Å². The Morgan fingerprint density at radius 1 is 1.19 bits per heavy atom. The molecule has 31 heavy (non-hydrogen) atoms. The van der Waals surface area contributed by atoms with Crippen molar-refractivity contribution in [1.29, 1.82) is 0 Å². The Morgan fingerprint density at radius 2 is 1.90 bits per heavy atom. The number of benzene rings is 1. The van der Waals surface area contributed by atoms with Crippen LogP contribution in [0.25, 0.3) is 0 Å². The van der Waals surface area contributed by atoms with E-state index in [-0.39, 0.29) is 24.3 Å². The summed E-state index contributed by atoms with van der Waals surface area (Å²) in [6.07, 6.45) is 3.11. The van der Waals surface area contributed by atoms with Crippen LogP contribution in [0.5, 0.6) is 0 Å². The lowest BCUT2D eigenvalue weighted by molar-refractivity contribution is -0.178. The van der Waals surface area contributed by atoms with Gasteiger partial charge in [-0.15, -0.1) is 0 Å². The first-order chi connectivity index (χ1) is 15.0. The van der Waals surface area contributed by atoms with Gasteiger partial charge in [-0.2, -0.15) is 0 Å². The highest BCUT2D eigenvalue weighted by Gasteiger charge is 2.39. The third-order valence-corrected chi connectivity index (χ3v) is 6.35. The second-order valence-corrected chi connectivity index (χ2v) is 8.88. The second kappa shape index (κ2) is 11.7. The summed E-state index contributed by atoms with van der Waals surface area (Å²) in [4.78, 5) is 17.6. The van der Waals surface area contributed by atoms with Crippen molar-refractivity contribution in [3.05, 3.63) is 47.7 Å². The fourth-order valence-electron chi connectivity index (χ4n) is 4.62. The first kappa shape index (κ1) is 23.8. The molecule has 0 spiro atoms. The van der Waals surface area contributed by atoms with Crippen LogP contribution in [0, 0.1) is 17.8 Å². The summed E-state index contributed by atoms with van der Waals surface area (Å²) in [6, 6.07) is 10.5. The molecular weight excluding hydrogens is 392 g/mol. The Balaban J connectivity index is 1.64. The fourth-order valence-corrected chi connectivity index (χ4v) is 4.62. The minimum atomic E-state index is -0.438. The van der Waals surface area contributed by atoms with E-state index in [9.17, 15) is 9.90 Å². The molecule has 2 aliphatic heterocycles. The Bertz CT molecular complexity index is 713. The van der Waals surface area contributed by atoms with Gasteiger partial charge in [0.2, 0.25) is 6.29 Å². The number of hydrogen-bond acceptors (Lipinski definition) is 5. The minimum Gasteiger partial charge on any atom is -0.459 e. The first-order valence-corrected chi connectivity index (χ1v) is 11.7.